The van der Waals surface area contributed by atoms with Crippen LogP contribution in [-0.2, 0) is 9.47 Å². The Morgan fingerprint density at radius 3 is 2.50 bits per heavy atom. The lowest BCUT2D eigenvalue weighted by Crippen LogP contribution is -2.41. The minimum absolute atomic E-state index is 0.0772. The molecule has 1 heterocycles. The van der Waals surface area contributed by atoms with E-state index in [4.69, 9.17) is 14.2 Å². The van der Waals surface area contributed by atoms with Crippen molar-refractivity contribution in [1.29, 1.82) is 0 Å². The van der Waals surface area contributed by atoms with Crippen LogP contribution in [0, 0.1) is 11.7 Å². The molecule has 0 unspecified atom stereocenters. The van der Waals surface area contributed by atoms with E-state index in [1.54, 1.807) is 24.3 Å². The number of carbonyl (C=O) groups is 1. The number of ether oxygens (including phenoxy) is 3. The van der Waals surface area contributed by atoms with Crippen LogP contribution in [0.5, 0.6) is 11.5 Å². The van der Waals surface area contributed by atoms with Gasteiger partial charge in [0.15, 0.2) is 23.6 Å². The van der Waals surface area contributed by atoms with Gasteiger partial charge in [-0.05, 0) is 49.2 Å². The number of benzene rings is 2. The molecule has 2 aromatic rings. The normalized spacial score (nSPS) is 17.0. The van der Waals surface area contributed by atoms with Crippen LogP contribution in [0.2, 0.25) is 0 Å². The molecule has 1 aliphatic rings. The SMILES string of the molecule is CC1(C)OCC(COc2ccc(-c3ccc(O)c(F)c3)cc2C=O)CO1. The largest absolute Gasteiger partial charge is 0.505 e. The zero-order chi connectivity index (χ0) is 18.7. The Bertz CT molecular complexity index is 793. The molecule has 1 saturated heterocycles. The highest BCUT2D eigenvalue weighted by Gasteiger charge is 2.28. The van der Waals surface area contributed by atoms with E-state index in [1.165, 1.54) is 12.1 Å². The van der Waals surface area contributed by atoms with E-state index in [-0.39, 0.29) is 5.92 Å². The van der Waals surface area contributed by atoms with Gasteiger partial charge < -0.3 is 19.3 Å². The van der Waals surface area contributed by atoms with Crippen molar-refractivity contribution in [3.05, 3.63) is 47.8 Å². The molecule has 6 heteroatoms. The number of hydrogen-bond acceptors (Lipinski definition) is 5. The van der Waals surface area contributed by atoms with Crippen molar-refractivity contribution < 1.29 is 28.5 Å². The molecular weight excluding hydrogens is 339 g/mol. The van der Waals surface area contributed by atoms with Gasteiger partial charge in [-0.1, -0.05) is 12.1 Å². The van der Waals surface area contributed by atoms with Crippen LogP contribution >= 0.6 is 0 Å². The lowest BCUT2D eigenvalue weighted by atomic mass is 10.0. The second-order valence-corrected chi connectivity index (χ2v) is 6.74. The van der Waals surface area contributed by atoms with E-state index < -0.39 is 17.4 Å². The molecular formula is C20H21FO5. The van der Waals surface area contributed by atoms with Gasteiger partial charge in [0.25, 0.3) is 0 Å². The van der Waals surface area contributed by atoms with Crippen LogP contribution in [0.25, 0.3) is 11.1 Å². The van der Waals surface area contributed by atoms with Crippen molar-refractivity contribution in [3.8, 4) is 22.6 Å². The Morgan fingerprint density at radius 1 is 1.19 bits per heavy atom. The molecule has 0 atom stereocenters. The maximum Gasteiger partial charge on any atom is 0.165 e. The van der Waals surface area contributed by atoms with Gasteiger partial charge in [0, 0.05) is 5.92 Å². The molecule has 5 nitrogen and oxygen atoms in total. The first-order chi connectivity index (χ1) is 12.4. The molecule has 1 fully saturated rings. The fraction of sp³-hybridized carbons (Fsp3) is 0.350. The zero-order valence-corrected chi connectivity index (χ0v) is 14.7. The number of rotatable bonds is 5. The van der Waals surface area contributed by atoms with Crippen LogP contribution in [0.15, 0.2) is 36.4 Å². The van der Waals surface area contributed by atoms with Crippen molar-refractivity contribution in [3.63, 3.8) is 0 Å². The summed E-state index contributed by atoms with van der Waals surface area (Å²) in [5.74, 6) is -1.17. The number of phenols is 1. The summed E-state index contributed by atoms with van der Waals surface area (Å²) in [6, 6.07) is 9.13. The third-order valence-corrected chi connectivity index (χ3v) is 4.23. The smallest absolute Gasteiger partial charge is 0.165 e. The fourth-order valence-electron chi connectivity index (χ4n) is 2.67. The lowest BCUT2D eigenvalue weighted by molar-refractivity contribution is -0.264. The van der Waals surface area contributed by atoms with E-state index in [0.717, 1.165) is 0 Å². The van der Waals surface area contributed by atoms with Crippen LogP contribution in [0.3, 0.4) is 0 Å². The molecule has 1 N–H and O–H groups in total. The predicted molar refractivity (Wildman–Crippen MR) is 93.9 cm³/mol. The third-order valence-electron chi connectivity index (χ3n) is 4.23. The molecule has 0 amide bonds. The highest BCUT2D eigenvalue weighted by atomic mass is 19.1. The number of carbonyl (C=O) groups excluding carboxylic acids is 1. The quantitative estimate of drug-likeness (QED) is 0.822. The van der Waals surface area contributed by atoms with Gasteiger partial charge in [0.1, 0.15) is 5.75 Å². The second kappa shape index (κ2) is 7.43. The van der Waals surface area contributed by atoms with E-state index in [1.807, 2.05) is 13.8 Å². The van der Waals surface area contributed by atoms with E-state index in [2.05, 4.69) is 0 Å². The predicted octanol–water partition coefficient (Wildman–Crippen LogP) is 3.79. The average Bonchev–Trinajstić information content (AvgIpc) is 2.63. The monoisotopic (exact) mass is 360 g/mol. The topological polar surface area (TPSA) is 65.0 Å². The zero-order valence-electron chi connectivity index (χ0n) is 14.7. The van der Waals surface area contributed by atoms with Crippen molar-refractivity contribution in [2.45, 2.75) is 19.6 Å². The molecule has 0 aromatic heterocycles. The average molecular weight is 360 g/mol. The molecule has 26 heavy (non-hydrogen) atoms. The first-order valence-electron chi connectivity index (χ1n) is 8.37. The summed E-state index contributed by atoms with van der Waals surface area (Å²) in [4.78, 5) is 11.4. The molecule has 0 aliphatic carbocycles. The maximum absolute atomic E-state index is 13.5. The van der Waals surface area contributed by atoms with Crippen molar-refractivity contribution in [2.24, 2.45) is 5.92 Å². The molecule has 0 bridgehead atoms. The molecule has 0 saturated carbocycles. The Morgan fingerprint density at radius 2 is 1.85 bits per heavy atom. The minimum Gasteiger partial charge on any atom is -0.505 e. The maximum atomic E-state index is 13.5. The van der Waals surface area contributed by atoms with Gasteiger partial charge in [0.05, 0.1) is 25.4 Å². The van der Waals surface area contributed by atoms with Crippen molar-refractivity contribution >= 4 is 6.29 Å². The molecule has 1 aliphatic heterocycles. The van der Waals surface area contributed by atoms with Crippen LogP contribution < -0.4 is 4.74 Å². The summed E-state index contributed by atoms with van der Waals surface area (Å²) >= 11 is 0. The number of aromatic hydroxyl groups is 1. The molecule has 0 radical (unpaired) electrons. The standard InChI is InChI=1S/C20H21FO5/c1-20(2)25-11-13(12-26-20)10-24-19-6-4-14(7-16(19)9-22)15-3-5-18(23)17(21)8-15/h3-9,13,23H,10-12H2,1-2H3. The van der Waals surface area contributed by atoms with Crippen molar-refractivity contribution in [1.82, 2.24) is 0 Å². The lowest BCUT2D eigenvalue weighted by Gasteiger charge is -2.34. The summed E-state index contributed by atoms with van der Waals surface area (Å²) in [7, 11) is 0. The Balaban J connectivity index is 1.71. The van der Waals surface area contributed by atoms with Gasteiger partial charge in [0.2, 0.25) is 0 Å². The van der Waals surface area contributed by atoms with Gasteiger partial charge in [-0.3, -0.25) is 4.79 Å². The van der Waals surface area contributed by atoms with Gasteiger partial charge in [-0.15, -0.1) is 0 Å². The minimum atomic E-state index is -0.712. The Labute approximate surface area is 151 Å². The third kappa shape index (κ3) is 4.20. The molecule has 2 aromatic carbocycles. The molecule has 3 rings (SSSR count). The number of aldehydes is 1. The number of halogens is 1. The summed E-state index contributed by atoms with van der Waals surface area (Å²) in [5, 5.41) is 9.29. The first-order valence-corrected chi connectivity index (χ1v) is 8.37. The first kappa shape index (κ1) is 18.4. The van der Waals surface area contributed by atoms with Crippen LogP contribution in [0.4, 0.5) is 4.39 Å². The summed E-state index contributed by atoms with van der Waals surface area (Å²) in [6.07, 6.45) is 0.701. The Kier molecular flexibility index (Phi) is 5.25. The molecule has 0 spiro atoms. The fourth-order valence-corrected chi connectivity index (χ4v) is 2.67. The molecule has 138 valence electrons. The van der Waals surface area contributed by atoms with E-state index in [0.29, 0.717) is 48.5 Å². The van der Waals surface area contributed by atoms with Gasteiger partial charge in [-0.2, -0.15) is 0 Å². The van der Waals surface area contributed by atoms with E-state index in [9.17, 15) is 14.3 Å². The number of phenolic OH excluding ortho intramolecular Hbond substituents is 1. The van der Waals surface area contributed by atoms with Crippen LogP contribution in [0.1, 0.15) is 24.2 Å². The van der Waals surface area contributed by atoms with Gasteiger partial charge >= 0.3 is 0 Å². The highest BCUT2D eigenvalue weighted by Crippen LogP contribution is 2.29. The van der Waals surface area contributed by atoms with E-state index >= 15 is 0 Å². The summed E-state index contributed by atoms with van der Waals surface area (Å²) in [5.41, 5.74) is 1.59. The summed E-state index contributed by atoms with van der Waals surface area (Å²) < 4.78 is 30.5. The number of hydrogen-bond donors (Lipinski definition) is 1. The summed E-state index contributed by atoms with van der Waals surface area (Å²) in [6.45, 7) is 5.13. The second-order valence-electron chi connectivity index (χ2n) is 6.74. The Hall–Kier alpha value is -2.44. The highest BCUT2D eigenvalue weighted by molar-refractivity contribution is 5.83. The van der Waals surface area contributed by atoms with Crippen LogP contribution in [-0.4, -0.2) is 37.0 Å². The van der Waals surface area contributed by atoms with Crippen molar-refractivity contribution in [2.75, 3.05) is 19.8 Å². The van der Waals surface area contributed by atoms with Gasteiger partial charge in [-0.25, -0.2) is 4.39 Å².